The van der Waals surface area contributed by atoms with Gasteiger partial charge < -0.3 is 4.84 Å². The molecule has 0 radical (unpaired) electrons. The van der Waals surface area contributed by atoms with E-state index in [4.69, 9.17) is 4.84 Å². The Kier molecular flexibility index (Phi) is 2.44. The van der Waals surface area contributed by atoms with Crippen LogP contribution in [0.5, 0.6) is 5.75 Å². The Labute approximate surface area is 66.6 Å². The van der Waals surface area contributed by atoms with Crippen LogP contribution in [0.4, 0.5) is 0 Å². The number of rotatable bonds is 2. The molecule has 0 aliphatic carbocycles. The van der Waals surface area contributed by atoms with Crippen molar-refractivity contribution >= 4 is 0 Å². The van der Waals surface area contributed by atoms with Crippen LogP contribution in [0.1, 0.15) is 5.69 Å². The molecule has 0 saturated heterocycles. The molecule has 11 heavy (non-hydrogen) atoms. The summed E-state index contributed by atoms with van der Waals surface area (Å²) in [5, 5.41) is 1.65. The Hall–Kier alpha value is -1.09. The summed E-state index contributed by atoms with van der Waals surface area (Å²) >= 11 is 0. The highest BCUT2D eigenvalue weighted by Gasteiger charge is 1.94. The van der Waals surface area contributed by atoms with E-state index in [9.17, 15) is 0 Å². The minimum Gasteiger partial charge on any atom is -0.406 e. The van der Waals surface area contributed by atoms with Gasteiger partial charge in [0, 0.05) is 38.1 Å². The van der Waals surface area contributed by atoms with Gasteiger partial charge in [0.05, 0.1) is 0 Å². The summed E-state index contributed by atoms with van der Waals surface area (Å²) < 4.78 is 0. The van der Waals surface area contributed by atoms with Crippen LogP contribution in [0.2, 0.25) is 0 Å². The molecule has 0 saturated carbocycles. The molecule has 1 rings (SSSR count). The van der Waals surface area contributed by atoms with Gasteiger partial charge in [-0.15, -0.1) is 0 Å². The summed E-state index contributed by atoms with van der Waals surface area (Å²) in [6.45, 7) is 1.93. The maximum atomic E-state index is 5.29. The topological polar surface area (TPSA) is 25.4 Å². The Morgan fingerprint density at radius 3 is 2.73 bits per heavy atom. The van der Waals surface area contributed by atoms with Crippen molar-refractivity contribution < 1.29 is 4.84 Å². The Morgan fingerprint density at radius 2 is 2.18 bits per heavy atom. The van der Waals surface area contributed by atoms with E-state index >= 15 is 0 Å². The second-order valence-electron chi connectivity index (χ2n) is 2.54. The van der Waals surface area contributed by atoms with Crippen LogP contribution in [0.15, 0.2) is 18.3 Å². The predicted molar refractivity (Wildman–Crippen MR) is 43.3 cm³/mol. The molecule has 0 aromatic carbocycles. The Balaban J connectivity index is 2.71. The molecule has 3 nitrogen and oxygen atoms in total. The van der Waals surface area contributed by atoms with Crippen LogP contribution in [-0.2, 0) is 0 Å². The van der Waals surface area contributed by atoms with Crippen molar-refractivity contribution in [2.45, 2.75) is 6.92 Å². The Morgan fingerprint density at radius 1 is 1.45 bits per heavy atom. The number of aryl methyl sites for hydroxylation is 1. The van der Waals surface area contributed by atoms with Gasteiger partial charge in [0.15, 0.2) is 5.75 Å². The lowest BCUT2D eigenvalue weighted by Crippen LogP contribution is -2.16. The highest BCUT2D eigenvalue weighted by molar-refractivity contribution is 5.21. The maximum Gasteiger partial charge on any atom is 0.150 e. The quantitative estimate of drug-likeness (QED) is 0.596. The highest BCUT2D eigenvalue weighted by atomic mass is 16.7. The zero-order valence-corrected chi connectivity index (χ0v) is 7.03. The van der Waals surface area contributed by atoms with Crippen molar-refractivity contribution in [3.63, 3.8) is 0 Å². The number of aromatic nitrogens is 1. The SMILES string of the molecule is Cc1cc(ON(C)C)ccn1. The minimum atomic E-state index is 0.822. The van der Waals surface area contributed by atoms with Crippen LogP contribution in [0, 0.1) is 6.92 Å². The van der Waals surface area contributed by atoms with Gasteiger partial charge in [-0.2, -0.15) is 5.06 Å². The second-order valence-corrected chi connectivity index (χ2v) is 2.54. The maximum absolute atomic E-state index is 5.29. The van der Waals surface area contributed by atoms with E-state index in [2.05, 4.69) is 4.98 Å². The number of hydroxylamine groups is 2. The van der Waals surface area contributed by atoms with Gasteiger partial charge in [-0.3, -0.25) is 4.98 Å². The number of nitrogens with zero attached hydrogens (tertiary/aromatic N) is 2. The van der Waals surface area contributed by atoms with Crippen LogP contribution in [0.3, 0.4) is 0 Å². The first kappa shape index (κ1) is 8.01. The average molecular weight is 152 g/mol. The summed E-state index contributed by atoms with van der Waals surface area (Å²) in [4.78, 5) is 9.34. The summed E-state index contributed by atoms with van der Waals surface area (Å²) in [6.07, 6.45) is 1.73. The summed E-state index contributed by atoms with van der Waals surface area (Å²) in [5.41, 5.74) is 0.962. The molecule has 1 aromatic heterocycles. The monoisotopic (exact) mass is 152 g/mol. The lowest BCUT2D eigenvalue weighted by Gasteiger charge is -2.11. The van der Waals surface area contributed by atoms with Crippen molar-refractivity contribution in [2.75, 3.05) is 14.1 Å². The number of hydrogen-bond donors (Lipinski definition) is 0. The van der Waals surface area contributed by atoms with E-state index in [0.29, 0.717) is 0 Å². The molecule has 3 heteroatoms. The van der Waals surface area contributed by atoms with Gasteiger partial charge in [-0.05, 0) is 6.92 Å². The number of pyridine rings is 1. The van der Waals surface area contributed by atoms with E-state index in [1.54, 1.807) is 11.3 Å². The van der Waals surface area contributed by atoms with Gasteiger partial charge in [0.1, 0.15) is 0 Å². The third-order valence-corrected chi connectivity index (χ3v) is 1.16. The second kappa shape index (κ2) is 3.34. The molecule has 0 aliphatic heterocycles. The van der Waals surface area contributed by atoms with Crippen molar-refractivity contribution in [3.05, 3.63) is 24.0 Å². The van der Waals surface area contributed by atoms with Crippen LogP contribution >= 0.6 is 0 Å². The molecule has 1 heterocycles. The highest BCUT2D eigenvalue weighted by Crippen LogP contribution is 2.09. The molecular formula is C8H12N2O. The molecule has 0 fully saturated rings. The predicted octanol–water partition coefficient (Wildman–Crippen LogP) is 1.25. The van der Waals surface area contributed by atoms with Crippen molar-refractivity contribution in [1.82, 2.24) is 10.0 Å². The molecule has 0 unspecified atom stereocenters. The lowest BCUT2D eigenvalue weighted by molar-refractivity contribution is -0.00340. The molecule has 0 atom stereocenters. The van der Waals surface area contributed by atoms with Gasteiger partial charge in [0.25, 0.3) is 0 Å². The van der Waals surface area contributed by atoms with Crippen molar-refractivity contribution in [2.24, 2.45) is 0 Å². The smallest absolute Gasteiger partial charge is 0.150 e. The average Bonchev–Trinajstić information content (AvgIpc) is 1.85. The number of hydrogen-bond acceptors (Lipinski definition) is 3. The fourth-order valence-corrected chi connectivity index (χ4v) is 0.787. The lowest BCUT2D eigenvalue weighted by atomic mass is 10.4. The fourth-order valence-electron chi connectivity index (χ4n) is 0.787. The Bertz CT molecular complexity index is 235. The van der Waals surface area contributed by atoms with Crippen LogP contribution < -0.4 is 4.84 Å². The van der Waals surface area contributed by atoms with Crippen molar-refractivity contribution in [3.8, 4) is 5.75 Å². The van der Waals surface area contributed by atoms with Crippen LogP contribution in [0.25, 0.3) is 0 Å². The van der Waals surface area contributed by atoms with Crippen molar-refractivity contribution in [1.29, 1.82) is 0 Å². The fraction of sp³-hybridized carbons (Fsp3) is 0.375. The summed E-state index contributed by atoms with van der Waals surface area (Å²) in [5.74, 6) is 0.822. The van der Waals surface area contributed by atoms with Crippen LogP contribution in [-0.4, -0.2) is 24.1 Å². The van der Waals surface area contributed by atoms with E-state index in [1.807, 2.05) is 33.2 Å². The third kappa shape index (κ3) is 2.55. The van der Waals surface area contributed by atoms with E-state index in [-0.39, 0.29) is 0 Å². The first-order chi connectivity index (χ1) is 5.18. The van der Waals surface area contributed by atoms with E-state index in [0.717, 1.165) is 11.4 Å². The molecular weight excluding hydrogens is 140 g/mol. The van der Waals surface area contributed by atoms with Gasteiger partial charge >= 0.3 is 0 Å². The zero-order chi connectivity index (χ0) is 8.27. The molecule has 0 amide bonds. The zero-order valence-electron chi connectivity index (χ0n) is 7.03. The van der Waals surface area contributed by atoms with Gasteiger partial charge in [0.2, 0.25) is 0 Å². The standard InChI is InChI=1S/C8H12N2O/c1-7-6-8(4-5-9-7)11-10(2)3/h4-6H,1-3H3. The third-order valence-electron chi connectivity index (χ3n) is 1.16. The summed E-state index contributed by atoms with van der Waals surface area (Å²) in [6, 6.07) is 3.72. The normalized spacial score (nSPS) is 10.2. The van der Waals surface area contributed by atoms with E-state index in [1.165, 1.54) is 0 Å². The first-order valence-electron chi connectivity index (χ1n) is 3.46. The van der Waals surface area contributed by atoms with Gasteiger partial charge in [-0.1, -0.05) is 0 Å². The summed E-state index contributed by atoms with van der Waals surface area (Å²) in [7, 11) is 3.69. The van der Waals surface area contributed by atoms with E-state index < -0.39 is 0 Å². The molecule has 0 aliphatic rings. The largest absolute Gasteiger partial charge is 0.406 e. The first-order valence-corrected chi connectivity index (χ1v) is 3.46. The molecule has 60 valence electrons. The van der Waals surface area contributed by atoms with Gasteiger partial charge in [-0.25, -0.2) is 0 Å². The molecule has 0 bridgehead atoms. The molecule has 1 aromatic rings. The molecule has 0 N–H and O–H groups in total. The molecule has 0 spiro atoms. The minimum absolute atomic E-state index is 0.822.